The molecule has 1 N–H and O–H groups in total. The van der Waals surface area contributed by atoms with Crippen molar-refractivity contribution < 1.29 is 9.26 Å². The Balaban J connectivity index is 2.09. The van der Waals surface area contributed by atoms with Crippen LogP contribution in [-0.2, 0) is 6.42 Å². The number of rotatable bonds is 8. The van der Waals surface area contributed by atoms with Gasteiger partial charge in [0.25, 0.3) is 0 Å². The third-order valence-corrected chi connectivity index (χ3v) is 3.10. The lowest BCUT2D eigenvalue weighted by atomic mass is 10.1. The summed E-state index contributed by atoms with van der Waals surface area (Å²) < 4.78 is 10.4. The van der Waals surface area contributed by atoms with E-state index in [9.17, 15) is 0 Å². The van der Waals surface area contributed by atoms with Gasteiger partial charge < -0.3 is 14.6 Å². The Bertz CT molecular complexity index is 552. The highest BCUT2D eigenvalue weighted by atomic mass is 16.5. The Hall–Kier alpha value is -2.02. The molecule has 21 heavy (non-hydrogen) atoms. The third-order valence-electron chi connectivity index (χ3n) is 3.10. The predicted octanol–water partition coefficient (Wildman–Crippen LogP) is 1.86. The van der Waals surface area contributed by atoms with Gasteiger partial charge in [0.15, 0.2) is 0 Å². The van der Waals surface area contributed by atoms with E-state index in [0.717, 1.165) is 25.8 Å². The fourth-order valence-corrected chi connectivity index (χ4v) is 2.14. The van der Waals surface area contributed by atoms with Crippen molar-refractivity contribution in [1.82, 2.24) is 25.4 Å². The summed E-state index contributed by atoms with van der Waals surface area (Å²) in [6.45, 7) is 5.18. The summed E-state index contributed by atoms with van der Waals surface area (Å²) in [4.78, 5) is 12.5. The van der Waals surface area contributed by atoms with Gasteiger partial charge in [0.05, 0.1) is 7.11 Å². The minimum Gasteiger partial charge on any atom is -0.481 e. The molecule has 2 aromatic rings. The minimum atomic E-state index is 0.355. The van der Waals surface area contributed by atoms with Crippen molar-refractivity contribution in [2.75, 3.05) is 13.7 Å². The molecule has 0 aliphatic heterocycles. The second-order valence-electron chi connectivity index (χ2n) is 4.70. The lowest BCUT2D eigenvalue weighted by molar-refractivity contribution is 0.352. The molecule has 0 saturated heterocycles. The molecule has 0 bridgehead atoms. The third kappa shape index (κ3) is 4.22. The topological polar surface area (TPSA) is 86.0 Å². The smallest absolute Gasteiger partial charge is 0.228 e. The number of aromatic nitrogens is 4. The molecule has 0 aromatic carbocycles. The highest BCUT2D eigenvalue weighted by Gasteiger charge is 2.15. The number of ether oxygens (including phenoxy) is 1. The molecule has 0 spiro atoms. The van der Waals surface area contributed by atoms with E-state index in [4.69, 9.17) is 9.26 Å². The first-order chi connectivity index (χ1) is 10.3. The number of hydrogen-bond acceptors (Lipinski definition) is 7. The zero-order chi connectivity index (χ0) is 15.1. The molecule has 1 atom stereocenters. The minimum absolute atomic E-state index is 0.355. The van der Waals surface area contributed by atoms with Gasteiger partial charge in [-0.25, -0.2) is 9.97 Å². The molecule has 0 aliphatic carbocycles. The largest absolute Gasteiger partial charge is 0.481 e. The van der Waals surface area contributed by atoms with Crippen molar-refractivity contribution in [2.45, 2.75) is 39.2 Å². The number of methoxy groups -OCH3 is 1. The highest BCUT2D eigenvalue weighted by Crippen LogP contribution is 2.17. The second kappa shape index (κ2) is 7.68. The highest BCUT2D eigenvalue weighted by molar-refractivity contribution is 5.49. The summed E-state index contributed by atoms with van der Waals surface area (Å²) in [6, 6.07) is 2.04. The van der Waals surface area contributed by atoms with E-state index in [2.05, 4.69) is 39.3 Å². The van der Waals surface area contributed by atoms with Gasteiger partial charge in [0, 0.05) is 18.5 Å². The summed E-state index contributed by atoms with van der Waals surface area (Å²) in [6.07, 6.45) is 4.33. The Labute approximate surface area is 124 Å². The standard InChI is InChI=1S/C14H21N5O2/c1-4-6-10(15-5-2)7-13-18-14(19-21-13)11-8-12(20-3)17-9-16-11/h8-10,15H,4-7H2,1-3H3. The summed E-state index contributed by atoms with van der Waals surface area (Å²) in [7, 11) is 1.56. The van der Waals surface area contributed by atoms with E-state index >= 15 is 0 Å². The van der Waals surface area contributed by atoms with Crippen LogP contribution >= 0.6 is 0 Å². The van der Waals surface area contributed by atoms with Gasteiger partial charge in [-0.05, 0) is 13.0 Å². The zero-order valence-electron chi connectivity index (χ0n) is 12.7. The summed E-state index contributed by atoms with van der Waals surface area (Å²) in [5.41, 5.74) is 0.590. The van der Waals surface area contributed by atoms with Gasteiger partial charge in [-0.1, -0.05) is 25.4 Å². The van der Waals surface area contributed by atoms with Crippen LogP contribution in [0.5, 0.6) is 5.88 Å². The molecular formula is C14H21N5O2. The van der Waals surface area contributed by atoms with Crippen LogP contribution in [0.25, 0.3) is 11.5 Å². The average molecular weight is 291 g/mol. The van der Waals surface area contributed by atoms with Crippen LogP contribution in [0.1, 0.15) is 32.6 Å². The molecule has 2 rings (SSSR count). The average Bonchev–Trinajstić information content (AvgIpc) is 2.96. The Morgan fingerprint density at radius 1 is 1.33 bits per heavy atom. The van der Waals surface area contributed by atoms with Crippen LogP contribution in [0.3, 0.4) is 0 Å². The Kier molecular flexibility index (Phi) is 5.62. The predicted molar refractivity (Wildman–Crippen MR) is 78.0 cm³/mol. The van der Waals surface area contributed by atoms with Gasteiger partial charge in [-0.2, -0.15) is 4.98 Å². The van der Waals surface area contributed by atoms with Gasteiger partial charge >= 0.3 is 0 Å². The molecule has 0 radical (unpaired) electrons. The molecule has 0 fully saturated rings. The quantitative estimate of drug-likeness (QED) is 0.794. The fourth-order valence-electron chi connectivity index (χ4n) is 2.14. The van der Waals surface area contributed by atoms with Crippen molar-refractivity contribution in [1.29, 1.82) is 0 Å². The molecule has 1 unspecified atom stereocenters. The first kappa shape index (κ1) is 15.4. The van der Waals surface area contributed by atoms with Crippen molar-refractivity contribution in [2.24, 2.45) is 0 Å². The maximum absolute atomic E-state index is 5.31. The second-order valence-corrected chi connectivity index (χ2v) is 4.70. The van der Waals surface area contributed by atoms with E-state index in [1.165, 1.54) is 6.33 Å². The van der Waals surface area contributed by atoms with Crippen molar-refractivity contribution in [3.63, 3.8) is 0 Å². The van der Waals surface area contributed by atoms with E-state index in [-0.39, 0.29) is 0 Å². The number of hydrogen-bond donors (Lipinski definition) is 1. The van der Waals surface area contributed by atoms with Crippen LogP contribution < -0.4 is 10.1 Å². The van der Waals surface area contributed by atoms with E-state index < -0.39 is 0 Å². The van der Waals surface area contributed by atoms with Crippen LogP contribution in [0.15, 0.2) is 16.9 Å². The summed E-state index contributed by atoms with van der Waals surface area (Å²) >= 11 is 0. The van der Waals surface area contributed by atoms with Gasteiger partial charge in [0.2, 0.25) is 17.6 Å². The van der Waals surface area contributed by atoms with Crippen LogP contribution in [0.4, 0.5) is 0 Å². The monoisotopic (exact) mass is 291 g/mol. The van der Waals surface area contributed by atoms with Crippen molar-refractivity contribution in [3.8, 4) is 17.4 Å². The van der Waals surface area contributed by atoms with Crippen LogP contribution in [0.2, 0.25) is 0 Å². The van der Waals surface area contributed by atoms with Crippen molar-refractivity contribution in [3.05, 3.63) is 18.3 Å². The van der Waals surface area contributed by atoms with Crippen molar-refractivity contribution >= 4 is 0 Å². The molecule has 2 heterocycles. The first-order valence-electron chi connectivity index (χ1n) is 7.19. The fraction of sp³-hybridized carbons (Fsp3) is 0.571. The molecule has 7 heteroatoms. The number of nitrogens with one attached hydrogen (secondary N) is 1. The summed E-state index contributed by atoms with van der Waals surface area (Å²) in [5, 5.41) is 7.40. The molecule has 0 saturated carbocycles. The molecule has 7 nitrogen and oxygen atoms in total. The first-order valence-corrected chi connectivity index (χ1v) is 7.19. The van der Waals surface area contributed by atoms with Crippen LogP contribution in [-0.4, -0.2) is 39.8 Å². The Morgan fingerprint density at radius 3 is 2.90 bits per heavy atom. The molecule has 2 aromatic heterocycles. The summed E-state index contributed by atoms with van der Waals surface area (Å²) in [5.74, 6) is 1.54. The van der Waals surface area contributed by atoms with E-state index in [1.54, 1.807) is 13.2 Å². The number of nitrogens with zero attached hydrogens (tertiary/aromatic N) is 4. The normalized spacial score (nSPS) is 12.3. The van der Waals surface area contributed by atoms with E-state index in [0.29, 0.717) is 29.3 Å². The molecule has 0 amide bonds. The zero-order valence-corrected chi connectivity index (χ0v) is 12.7. The molecular weight excluding hydrogens is 270 g/mol. The lowest BCUT2D eigenvalue weighted by Crippen LogP contribution is -2.30. The molecule has 0 aliphatic rings. The Morgan fingerprint density at radius 2 is 2.19 bits per heavy atom. The molecule has 114 valence electrons. The van der Waals surface area contributed by atoms with Gasteiger partial charge in [0.1, 0.15) is 12.0 Å². The van der Waals surface area contributed by atoms with Gasteiger partial charge in [-0.15, -0.1) is 0 Å². The van der Waals surface area contributed by atoms with Gasteiger partial charge in [-0.3, -0.25) is 0 Å². The van der Waals surface area contributed by atoms with Crippen LogP contribution in [0, 0.1) is 0 Å². The maximum Gasteiger partial charge on any atom is 0.228 e. The number of likely N-dealkylation sites (N-methyl/N-ethyl adjacent to an activating group) is 1. The van der Waals surface area contributed by atoms with E-state index in [1.807, 2.05) is 0 Å². The SMILES string of the molecule is CCCC(Cc1nc(-c2cc(OC)ncn2)no1)NCC. The lowest BCUT2D eigenvalue weighted by Gasteiger charge is -2.14. The maximum atomic E-state index is 5.31.